The molecule has 1 aliphatic rings. The van der Waals surface area contributed by atoms with Gasteiger partial charge in [0, 0.05) is 45.5 Å². The number of nitrogens with zero attached hydrogens (tertiary/aromatic N) is 3. The van der Waals surface area contributed by atoms with Crippen molar-refractivity contribution in [2.45, 2.75) is 27.3 Å². The second-order valence-corrected chi connectivity index (χ2v) is 6.27. The maximum Gasteiger partial charge on any atom is 0.409 e. The molecule has 8 heteroatoms. The number of ether oxygens (including phenoxy) is 2. The first-order chi connectivity index (χ1) is 12.4. The van der Waals surface area contributed by atoms with Crippen LogP contribution in [0.1, 0.15) is 28.5 Å². The highest BCUT2D eigenvalue weighted by Gasteiger charge is 2.28. The molecular weight excluding hydrogens is 338 g/mol. The van der Waals surface area contributed by atoms with Gasteiger partial charge in [0.1, 0.15) is 5.56 Å². The van der Waals surface area contributed by atoms with Crippen LogP contribution in [0.25, 0.3) is 0 Å². The molecule has 0 saturated carbocycles. The van der Waals surface area contributed by atoms with Crippen LogP contribution in [0.15, 0.2) is 10.9 Å². The van der Waals surface area contributed by atoms with Gasteiger partial charge in [-0.05, 0) is 32.4 Å². The van der Waals surface area contributed by atoms with Crippen molar-refractivity contribution in [2.24, 2.45) is 0 Å². The molecule has 1 fully saturated rings. The molecule has 0 unspecified atom stereocenters. The Bertz CT molecular complexity index is 720. The van der Waals surface area contributed by atoms with Gasteiger partial charge in [0.15, 0.2) is 0 Å². The second-order valence-electron chi connectivity index (χ2n) is 6.27. The molecule has 0 spiro atoms. The maximum absolute atomic E-state index is 12.9. The standard InChI is InChI=1S/C18H27N3O5/c1-5-26-18(24)20-8-6-19(7-9-20)16(22)15-13(2)12-14(3)21(17(15)23)10-11-25-4/h12H,5-11H2,1-4H3. The fourth-order valence-corrected chi connectivity index (χ4v) is 3.11. The minimum absolute atomic E-state index is 0.191. The molecule has 0 aliphatic carbocycles. The van der Waals surface area contributed by atoms with Crippen molar-refractivity contribution in [3.8, 4) is 0 Å². The fourth-order valence-electron chi connectivity index (χ4n) is 3.11. The summed E-state index contributed by atoms with van der Waals surface area (Å²) in [6.07, 6.45) is -0.368. The second kappa shape index (κ2) is 8.84. The number of amides is 2. The van der Waals surface area contributed by atoms with Crippen LogP contribution in [0.3, 0.4) is 0 Å². The first-order valence-electron chi connectivity index (χ1n) is 8.81. The van der Waals surface area contributed by atoms with Gasteiger partial charge in [-0.3, -0.25) is 9.59 Å². The van der Waals surface area contributed by atoms with E-state index in [-0.39, 0.29) is 23.1 Å². The third kappa shape index (κ3) is 4.24. The van der Waals surface area contributed by atoms with Crippen molar-refractivity contribution in [3.05, 3.63) is 33.2 Å². The largest absolute Gasteiger partial charge is 0.450 e. The molecule has 0 atom stereocenters. The molecule has 1 saturated heterocycles. The van der Waals surface area contributed by atoms with Gasteiger partial charge in [0.05, 0.1) is 13.2 Å². The zero-order valence-corrected chi connectivity index (χ0v) is 15.9. The van der Waals surface area contributed by atoms with Crippen LogP contribution < -0.4 is 5.56 Å². The Hall–Kier alpha value is -2.35. The Kier molecular flexibility index (Phi) is 6.79. The molecule has 2 rings (SSSR count). The third-order valence-corrected chi connectivity index (χ3v) is 4.53. The third-order valence-electron chi connectivity index (χ3n) is 4.53. The Morgan fingerprint density at radius 3 is 2.31 bits per heavy atom. The fraction of sp³-hybridized carbons (Fsp3) is 0.611. The van der Waals surface area contributed by atoms with Crippen LogP contribution in [0.5, 0.6) is 0 Å². The molecule has 0 bridgehead atoms. The van der Waals surface area contributed by atoms with Crippen LogP contribution in [-0.2, 0) is 16.0 Å². The zero-order valence-electron chi connectivity index (χ0n) is 15.9. The average Bonchev–Trinajstić information content (AvgIpc) is 2.61. The number of hydrogen-bond acceptors (Lipinski definition) is 5. The number of pyridine rings is 1. The van der Waals surface area contributed by atoms with Crippen molar-refractivity contribution >= 4 is 12.0 Å². The summed E-state index contributed by atoms with van der Waals surface area (Å²) in [5, 5.41) is 0. The molecule has 2 heterocycles. The Morgan fingerprint density at radius 2 is 1.73 bits per heavy atom. The highest BCUT2D eigenvalue weighted by molar-refractivity contribution is 5.95. The van der Waals surface area contributed by atoms with Gasteiger partial charge in [0.2, 0.25) is 0 Å². The van der Waals surface area contributed by atoms with E-state index in [0.29, 0.717) is 51.5 Å². The van der Waals surface area contributed by atoms with Gasteiger partial charge in [-0.25, -0.2) is 4.79 Å². The lowest BCUT2D eigenvalue weighted by Gasteiger charge is -2.34. The van der Waals surface area contributed by atoms with Crippen molar-refractivity contribution in [1.82, 2.24) is 14.4 Å². The summed E-state index contributed by atoms with van der Waals surface area (Å²) in [6, 6.07) is 1.85. The highest BCUT2D eigenvalue weighted by atomic mass is 16.6. The number of aryl methyl sites for hydroxylation is 2. The predicted molar refractivity (Wildman–Crippen MR) is 96.6 cm³/mol. The smallest absolute Gasteiger partial charge is 0.409 e. The van der Waals surface area contributed by atoms with Crippen molar-refractivity contribution < 1.29 is 19.1 Å². The van der Waals surface area contributed by atoms with E-state index in [1.807, 2.05) is 13.0 Å². The summed E-state index contributed by atoms with van der Waals surface area (Å²) in [6.45, 7) is 8.04. The molecule has 0 N–H and O–H groups in total. The van der Waals surface area contributed by atoms with Crippen molar-refractivity contribution in [2.75, 3.05) is 46.5 Å². The molecule has 0 aromatic carbocycles. The number of carbonyl (C=O) groups excluding carboxylic acids is 2. The predicted octanol–water partition coefficient (Wildman–Crippen LogP) is 1.03. The van der Waals surface area contributed by atoms with E-state index in [2.05, 4.69) is 0 Å². The number of piperazine rings is 1. The Balaban J connectivity index is 2.18. The molecule has 8 nitrogen and oxygen atoms in total. The van der Waals surface area contributed by atoms with Gasteiger partial charge in [0.25, 0.3) is 11.5 Å². The summed E-state index contributed by atoms with van der Waals surface area (Å²) in [4.78, 5) is 40.7. The number of carbonyl (C=O) groups is 2. The molecule has 144 valence electrons. The molecule has 1 aromatic heterocycles. The van der Waals surface area contributed by atoms with E-state index >= 15 is 0 Å². The number of hydrogen-bond donors (Lipinski definition) is 0. The first kappa shape index (κ1) is 20.0. The van der Waals surface area contributed by atoms with Gasteiger partial charge in [-0.15, -0.1) is 0 Å². The molecule has 0 radical (unpaired) electrons. The highest BCUT2D eigenvalue weighted by Crippen LogP contribution is 2.12. The van der Waals surface area contributed by atoms with Gasteiger partial charge in [-0.1, -0.05) is 0 Å². The van der Waals surface area contributed by atoms with Gasteiger partial charge < -0.3 is 23.8 Å². The molecule has 1 aliphatic heterocycles. The molecule has 2 amide bonds. The topological polar surface area (TPSA) is 81.1 Å². The van der Waals surface area contributed by atoms with Crippen LogP contribution in [0.2, 0.25) is 0 Å². The van der Waals surface area contributed by atoms with Gasteiger partial charge in [-0.2, -0.15) is 0 Å². The van der Waals surface area contributed by atoms with Crippen LogP contribution in [-0.4, -0.2) is 72.9 Å². The maximum atomic E-state index is 12.9. The lowest BCUT2D eigenvalue weighted by atomic mass is 10.1. The summed E-state index contributed by atoms with van der Waals surface area (Å²) < 4.78 is 11.6. The van der Waals surface area contributed by atoms with E-state index in [0.717, 1.165) is 5.69 Å². The molecule has 1 aromatic rings. The number of aromatic nitrogens is 1. The van der Waals surface area contributed by atoms with Crippen LogP contribution in [0, 0.1) is 13.8 Å². The van der Waals surface area contributed by atoms with Crippen molar-refractivity contribution in [1.29, 1.82) is 0 Å². The summed E-state index contributed by atoms with van der Waals surface area (Å²) in [5.41, 5.74) is 1.36. The van der Waals surface area contributed by atoms with Gasteiger partial charge >= 0.3 is 6.09 Å². The summed E-state index contributed by atoms with van der Waals surface area (Å²) in [5.74, 6) is -0.290. The van der Waals surface area contributed by atoms with E-state index in [4.69, 9.17) is 9.47 Å². The van der Waals surface area contributed by atoms with E-state index < -0.39 is 0 Å². The van der Waals surface area contributed by atoms with E-state index in [9.17, 15) is 14.4 Å². The Labute approximate surface area is 153 Å². The number of methoxy groups -OCH3 is 1. The summed E-state index contributed by atoms with van der Waals surface area (Å²) in [7, 11) is 1.57. The SMILES string of the molecule is CCOC(=O)N1CCN(C(=O)c2c(C)cc(C)n(CCOC)c2=O)CC1. The van der Waals surface area contributed by atoms with Crippen LogP contribution in [0.4, 0.5) is 4.79 Å². The minimum Gasteiger partial charge on any atom is -0.450 e. The lowest BCUT2D eigenvalue weighted by Crippen LogP contribution is -2.51. The minimum atomic E-state index is -0.368. The lowest BCUT2D eigenvalue weighted by molar-refractivity contribution is 0.0567. The van der Waals surface area contributed by atoms with E-state index in [1.54, 1.807) is 35.3 Å². The number of rotatable bonds is 5. The quantitative estimate of drug-likeness (QED) is 0.778. The molecular formula is C18H27N3O5. The zero-order chi connectivity index (χ0) is 19.3. The first-order valence-corrected chi connectivity index (χ1v) is 8.81. The normalized spacial score (nSPS) is 14.5. The summed E-state index contributed by atoms with van der Waals surface area (Å²) >= 11 is 0. The average molecular weight is 365 g/mol. The van der Waals surface area contributed by atoms with E-state index in [1.165, 1.54) is 0 Å². The van der Waals surface area contributed by atoms with Crippen molar-refractivity contribution in [3.63, 3.8) is 0 Å². The van der Waals surface area contributed by atoms with Crippen LogP contribution >= 0.6 is 0 Å². The monoisotopic (exact) mass is 365 g/mol. The molecule has 26 heavy (non-hydrogen) atoms. The Morgan fingerprint density at radius 1 is 1.12 bits per heavy atom.